The van der Waals surface area contributed by atoms with Crippen molar-refractivity contribution < 1.29 is 0 Å². The minimum atomic E-state index is 0.875. The lowest BCUT2D eigenvalue weighted by molar-refractivity contribution is 0.732. The molecule has 0 unspecified atom stereocenters. The quantitative estimate of drug-likeness (QED) is 0.631. The highest BCUT2D eigenvalue weighted by molar-refractivity contribution is 5.41. The van der Waals surface area contributed by atoms with E-state index in [0.29, 0.717) is 0 Å². The Bertz CT molecular complexity index is 520. The van der Waals surface area contributed by atoms with Crippen molar-refractivity contribution in [3.63, 3.8) is 0 Å². The molecule has 2 heterocycles. The van der Waals surface area contributed by atoms with Gasteiger partial charge in [0, 0.05) is 0 Å². The zero-order chi connectivity index (χ0) is 10.8. The molecular formula is C10H8N6. The van der Waals surface area contributed by atoms with Crippen molar-refractivity contribution in [3.8, 4) is 11.4 Å². The maximum Gasteiger partial charge on any atom is 0.0878 e. The summed E-state index contributed by atoms with van der Waals surface area (Å²) in [7, 11) is 0. The molecule has 0 radical (unpaired) electrons. The van der Waals surface area contributed by atoms with Crippen molar-refractivity contribution in [2.24, 2.45) is 0 Å². The summed E-state index contributed by atoms with van der Waals surface area (Å²) in [6.45, 7) is 0. The summed E-state index contributed by atoms with van der Waals surface area (Å²) in [5.74, 6) is 0. The van der Waals surface area contributed by atoms with Crippen molar-refractivity contribution in [1.29, 1.82) is 0 Å². The summed E-state index contributed by atoms with van der Waals surface area (Å²) < 4.78 is 0. The van der Waals surface area contributed by atoms with Gasteiger partial charge in [-0.05, 0) is 18.2 Å². The van der Waals surface area contributed by atoms with Gasteiger partial charge in [0.1, 0.15) is 0 Å². The van der Waals surface area contributed by atoms with Gasteiger partial charge in [-0.1, -0.05) is 6.07 Å². The van der Waals surface area contributed by atoms with Gasteiger partial charge in [0.25, 0.3) is 0 Å². The molecule has 0 atom stereocenters. The fraction of sp³-hybridized carbons (Fsp3) is 0. The average molecular weight is 212 g/mol. The van der Waals surface area contributed by atoms with E-state index in [1.54, 1.807) is 34.4 Å². The van der Waals surface area contributed by atoms with Crippen molar-refractivity contribution in [1.82, 2.24) is 30.0 Å². The van der Waals surface area contributed by atoms with Gasteiger partial charge in [-0.25, -0.2) is 0 Å². The molecule has 0 saturated carbocycles. The van der Waals surface area contributed by atoms with Gasteiger partial charge in [0.05, 0.1) is 36.2 Å². The normalized spacial score (nSPS) is 10.5. The Balaban J connectivity index is 2.07. The Kier molecular flexibility index (Phi) is 1.96. The van der Waals surface area contributed by atoms with Gasteiger partial charge in [0.2, 0.25) is 0 Å². The van der Waals surface area contributed by atoms with Crippen LogP contribution in [0.2, 0.25) is 0 Å². The van der Waals surface area contributed by atoms with Gasteiger partial charge in [-0.3, -0.25) is 0 Å². The van der Waals surface area contributed by atoms with E-state index in [-0.39, 0.29) is 0 Å². The van der Waals surface area contributed by atoms with Crippen LogP contribution in [0.5, 0.6) is 0 Å². The van der Waals surface area contributed by atoms with E-state index in [1.165, 1.54) is 0 Å². The largest absolute Gasteiger partial charge is 0.157 e. The summed E-state index contributed by atoms with van der Waals surface area (Å²) in [6, 6.07) is 7.68. The Labute approximate surface area is 91.1 Å². The van der Waals surface area contributed by atoms with Gasteiger partial charge in [-0.2, -0.15) is 30.0 Å². The number of rotatable bonds is 2. The molecule has 1 aromatic carbocycles. The minimum Gasteiger partial charge on any atom is -0.157 e. The Morgan fingerprint density at radius 1 is 0.688 bits per heavy atom. The molecule has 0 spiro atoms. The highest BCUT2D eigenvalue weighted by Gasteiger charge is 2.01. The Morgan fingerprint density at radius 3 is 1.56 bits per heavy atom. The fourth-order valence-corrected chi connectivity index (χ4v) is 1.44. The molecule has 0 aliphatic rings. The number of nitrogens with zero attached hydrogens (tertiary/aromatic N) is 6. The monoisotopic (exact) mass is 212 g/mol. The molecule has 78 valence electrons. The molecule has 0 N–H and O–H groups in total. The standard InChI is InChI=1S/C10H8N6/c1-2-9(15-11-4-5-12-15)8-10(3-1)16-13-6-7-14-16/h1-8H. The maximum atomic E-state index is 4.06. The summed E-state index contributed by atoms with van der Waals surface area (Å²) in [6.07, 6.45) is 6.55. The Morgan fingerprint density at radius 2 is 1.12 bits per heavy atom. The zero-order valence-electron chi connectivity index (χ0n) is 8.30. The number of aromatic nitrogens is 6. The van der Waals surface area contributed by atoms with Crippen molar-refractivity contribution in [3.05, 3.63) is 49.1 Å². The average Bonchev–Trinajstić information content (AvgIpc) is 3.03. The topological polar surface area (TPSA) is 61.4 Å². The van der Waals surface area contributed by atoms with Gasteiger partial charge in [0.15, 0.2) is 0 Å². The molecule has 16 heavy (non-hydrogen) atoms. The second-order valence-electron chi connectivity index (χ2n) is 3.16. The summed E-state index contributed by atoms with van der Waals surface area (Å²) >= 11 is 0. The van der Waals surface area contributed by atoms with Crippen LogP contribution in [0.4, 0.5) is 0 Å². The Hall–Kier alpha value is -2.50. The van der Waals surface area contributed by atoms with Crippen LogP contribution < -0.4 is 0 Å². The lowest BCUT2D eigenvalue weighted by Gasteiger charge is -2.02. The molecule has 0 fully saturated rings. The highest BCUT2D eigenvalue weighted by Crippen LogP contribution is 2.10. The number of benzene rings is 1. The molecule has 6 heteroatoms. The molecule has 0 amide bonds. The SMILES string of the molecule is c1cc(-n2nccn2)cc(-n2nccn2)c1. The van der Waals surface area contributed by atoms with Crippen LogP contribution >= 0.6 is 0 Å². The van der Waals surface area contributed by atoms with E-state index in [4.69, 9.17) is 0 Å². The summed E-state index contributed by atoms with van der Waals surface area (Å²) in [5.41, 5.74) is 1.75. The fourth-order valence-electron chi connectivity index (χ4n) is 1.44. The van der Waals surface area contributed by atoms with E-state index in [2.05, 4.69) is 20.4 Å². The van der Waals surface area contributed by atoms with E-state index >= 15 is 0 Å². The van der Waals surface area contributed by atoms with Crippen LogP contribution in [0, 0.1) is 0 Å². The predicted octanol–water partition coefficient (Wildman–Crippen LogP) is 0.848. The van der Waals surface area contributed by atoms with Crippen LogP contribution in [-0.2, 0) is 0 Å². The van der Waals surface area contributed by atoms with E-state index < -0.39 is 0 Å². The van der Waals surface area contributed by atoms with Crippen LogP contribution in [0.15, 0.2) is 49.1 Å². The summed E-state index contributed by atoms with van der Waals surface area (Å²) in [5, 5.41) is 16.3. The molecule has 2 aromatic heterocycles. The molecule has 0 aliphatic carbocycles. The lowest BCUT2D eigenvalue weighted by atomic mass is 10.3. The first kappa shape index (κ1) is 8.78. The second kappa shape index (κ2) is 3.58. The van der Waals surface area contributed by atoms with E-state index in [0.717, 1.165) is 11.4 Å². The van der Waals surface area contributed by atoms with E-state index in [1.807, 2.05) is 24.3 Å². The minimum absolute atomic E-state index is 0.875. The predicted molar refractivity (Wildman–Crippen MR) is 56.3 cm³/mol. The third-order valence-corrected chi connectivity index (χ3v) is 2.13. The molecule has 3 rings (SSSR count). The molecule has 0 aliphatic heterocycles. The molecule has 0 bridgehead atoms. The van der Waals surface area contributed by atoms with Crippen molar-refractivity contribution >= 4 is 0 Å². The van der Waals surface area contributed by atoms with Crippen molar-refractivity contribution in [2.45, 2.75) is 0 Å². The van der Waals surface area contributed by atoms with Crippen LogP contribution in [-0.4, -0.2) is 30.0 Å². The lowest BCUT2D eigenvalue weighted by Crippen LogP contribution is -2.02. The summed E-state index contributed by atoms with van der Waals surface area (Å²) in [4.78, 5) is 3.10. The number of hydrogen-bond acceptors (Lipinski definition) is 4. The third-order valence-electron chi connectivity index (χ3n) is 2.13. The van der Waals surface area contributed by atoms with Crippen molar-refractivity contribution in [2.75, 3.05) is 0 Å². The van der Waals surface area contributed by atoms with Gasteiger partial charge >= 0.3 is 0 Å². The highest BCUT2D eigenvalue weighted by atomic mass is 15.5. The molecular weight excluding hydrogens is 204 g/mol. The van der Waals surface area contributed by atoms with Crippen LogP contribution in [0.3, 0.4) is 0 Å². The third kappa shape index (κ3) is 1.46. The first-order valence-electron chi connectivity index (χ1n) is 4.77. The maximum absolute atomic E-state index is 4.06. The zero-order valence-corrected chi connectivity index (χ0v) is 8.30. The first-order chi connectivity index (χ1) is 7.93. The van der Waals surface area contributed by atoms with Gasteiger partial charge in [-0.15, -0.1) is 0 Å². The first-order valence-corrected chi connectivity index (χ1v) is 4.77. The smallest absolute Gasteiger partial charge is 0.0878 e. The number of hydrogen-bond donors (Lipinski definition) is 0. The van der Waals surface area contributed by atoms with E-state index in [9.17, 15) is 0 Å². The molecule has 0 saturated heterocycles. The molecule has 6 nitrogen and oxygen atoms in total. The van der Waals surface area contributed by atoms with Crippen LogP contribution in [0.1, 0.15) is 0 Å². The van der Waals surface area contributed by atoms with Gasteiger partial charge < -0.3 is 0 Å². The second-order valence-corrected chi connectivity index (χ2v) is 3.16. The molecule has 3 aromatic rings. The van der Waals surface area contributed by atoms with Crippen LogP contribution in [0.25, 0.3) is 11.4 Å².